The number of carbonyl (C=O) groups excluding carboxylic acids is 2. The number of hydrogen-bond acceptors (Lipinski definition) is 2. The molecule has 0 aliphatic rings. The largest absolute Gasteiger partial charge is 0.355 e. The Morgan fingerprint density at radius 2 is 1.31 bits per heavy atom. The monoisotopic (exact) mass is 386 g/mol. The molecular weight excluding hydrogens is 360 g/mol. The van der Waals surface area contributed by atoms with Gasteiger partial charge in [0.2, 0.25) is 5.91 Å². The van der Waals surface area contributed by atoms with Crippen molar-refractivity contribution in [2.45, 2.75) is 19.3 Å². The summed E-state index contributed by atoms with van der Waals surface area (Å²) in [6.45, 7) is 2.38. The molecule has 2 amide bonds. The van der Waals surface area contributed by atoms with Crippen molar-refractivity contribution in [3.63, 3.8) is 0 Å². The predicted octanol–water partition coefficient (Wildman–Crippen LogP) is 4.06. The number of aryl methyl sites for hydroxylation is 1. The number of amides is 2. The molecule has 2 N–H and O–H groups in total. The van der Waals surface area contributed by atoms with Crippen molar-refractivity contribution in [2.24, 2.45) is 0 Å². The quantitative estimate of drug-likeness (QED) is 0.613. The molecular formula is C25H26N2O2. The summed E-state index contributed by atoms with van der Waals surface area (Å²) < 4.78 is 0. The van der Waals surface area contributed by atoms with Crippen LogP contribution >= 0.6 is 0 Å². The third kappa shape index (κ3) is 5.79. The summed E-state index contributed by atoms with van der Waals surface area (Å²) in [6, 6.07) is 27.9. The summed E-state index contributed by atoms with van der Waals surface area (Å²) in [4.78, 5) is 24.4. The molecule has 3 aromatic carbocycles. The van der Waals surface area contributed by atoms with Crippen molar-refractivity contribution in [1.29, 1.82) is 0 Å². The van der Waals surface area contributed by atoms with Crippen LogP contribution in [0.3, 0.4) is 0 Å². The maximum absolute atomic E-state index is 12.2. The molecule has 0 bridgehead atoms. The second-order valence-electron chi connectivity index (χ2n) is 7.01. The molecule has 0 fully saturated rings. The standard InChI is InChI=1S/C25H26N2O2/c1-19-10-8-9-15-22(19)25(29)27-18-24(28)26-17-16-23(20-11-4-2-5-12-20)21-13-6-3-7-14-21/h2-15,23H,16-18H2,1H3,(H,26,28)(H,27,29). The van der Waals surface area contributed by atoms with Crippen LogP contribution in [0.2, 0.25) is 0 Å². The first kappa shape index (κ1) is 20.3. The maximum atomic E-state index is 12.2. The number of hydrogen-bond donors (Lipinski definition) is 2. The van der Waals surface area contributed by atoms with E-state index in [0.717, 1.165) is 12.0 Å². The average molecular weight is 386 g/mol. The maximum Gasteiger partial charge on any atom is 0.251 e. The molecule has 0 aromatic heterocycles. The second kappa shape index (κ2) is 10.2. The first-order valence-electron chi connectivity index (χ1n) is 9.85. The van der Waals surface area contributed by atoms with Gasteiger partial charge in [-0.25, -0.2) is 0 Å². The Morgan fingerprint density at radius 3 is 1.90 bits per heavy atom. The van der Waals surface area contributed by atoms with E-state index in [-0.39, 0.29) is 24.3 Å². The van der Waals surface area contributed by atoms with Crippen molar-refractivity contribution >= 4 is 11.8 Å². The van der Waals surface area contributed by atoms with Gasteiger partial charge in [0.25, 0.3) is 5.91 Å². The third-order valence-corrected chi connectivity index (χ3v) is 4.96. The lowest BCUT2D eigenvalue weighted by Gasteiger charge is -2.18. The van der Waals surface area contributed by atoms with Crippen molar-refractivity contribution in [3.05, 3.63) is 107 Å². The second-order valence-corrected chi connectivity index (χ2v) is 7.01. The molecule has 148 valence electrons. The van der Waals surface area contributed by atoms with Gasteiger partial charge in [-0.2, -0.15) is 0 Å². The summed E-state index contributed by atoms with van der Waals surface area (Å²) in [6.07, 6.45) is 0.783. The minimum atomic E-state index is -0.232. The highest BCUT2D eigenvalue weighted by atomic mass is 16.2. The molecule has 0 radical (unpaired) electrons. The van der Waals surface area contributed by atoms with Crippen molar-refractivity contribution in [2.75, 3.05) is 13.1 Å². The van der Waals surface area contributed by atoms with Crippen molar-refractivity contribution in [3.8, 4) is 0 Å². The fourth-order valence-corrected chi connectivity index (χ4v) is 3.40. The summed E-state index contributed by atoms with van der Waals surface area (Å²) in [5, 5.41) is 5.61. The number of nitrogens with one attached hydrogen (secondary N) is 2. The molecule has 0 saturated heterocycles. The minimum Gasteiger partial charge on any atom is -0.355 e. The van der Waals surface area contributed by atoms with E-state index in [4.69, 9.17) is 0 Å². The van der Waals surface area contributed by atoms with Crippen LogP contribution in [-0.2, 0) is 4.79 Å². The number of rotatable bonds is 8. The zero-order valence-electron chi connectivity index (χ0n) is 16.6. The summed E-state index contributed by atoms with van der Waals surface area (Å²) in [7, 11) is 0. The van der Waals surface area contributed by atoms with Gasteiger partial charge in [0, 0.05) is 18.0 Å². The summed E-state index contributed by atoms with van der Waals surface area (Å²) in [5.74, 6) is -0.212. The first-order chi connectivity index (χ1) is 14.1. The van der Waals surface area contributed by atoms with E-state index in [9.17, 15) is 9.59 Å². The smallest absolute Gasteiger partial charge is 0.251 e. The molecule has 0 unspecified atom stereocenters. The molecule has 3 aromatic rings. The molecule has 0 spiro atoms. The SMILES string of the molecule is Cc1ccccc1C(=O)NCC(=O)NCCC(c1ccccc1)c1ccccc1. The van der Waals surface area contributed by atoms with Crippen molar-refractivity contribution in [1.82, 2.24) is 10.6 Å². The normalized spacial score (nSPS) is 10.6. The highest BCUT2D eigenvalue weighted by Crippen LogP contribution is 2.27. The Hall–Kier alpha value is -3.40. The van der Waals surface area contributed by atoms with Crippen LogP contribution in [0.15, 0.2) is 84.9 Å². The van der Waals surface area contributed by atoms with Crippen LogP contribution in [0.5, 0.6) is 0 Å². The van der Waals surface area contributed by atoms with Crippen LogP contribution in [0.1, 0.15) is 39.4 Å². The molecule has 0 aliphatic heterocycles. The van der Waals surface area contributed by atoms with E-state index in [0.29, 0.717) is 12.1 Å². The first-order valence-corrected chi connectivity index (χ1v) is 9.85. The van der Waals surface area contributed by atoms with Crippen LogP contribution < -0.4 is 10.6 Å². The molecule has 29 heavy (non-hydrogen) atoms. The van der Waals surface area contributed by atoms with E-state index in [1.54, 1.807) is 6.07 Å². The molecule has 4 heteroatoms. The molecule has 3 rings (SSSR count). The third-order valence-electron chi connectivity index (χ3n) is 4.96. The van der Waals surface area contributed by atoms with E-state index in [2.05, 4.69) is 34.9 Å². The summed E-state index contributed by atoms with van der Waals surface area (Å²) >= 11 is 0. The van der Waals surface area contributed by atoms with Gasteiger partial charge in [-0.3, -0.25) is 9.59 Å². The Kier molecular flexibility index (Phi) is 7.17. The van der Waals surface area contributed by atoms with E-state index < -0.39 is 0 Å². The lowest BCUT2D eigenvalue weighted by atomic mass is 9.88. The van der Waals surface area contributed by atoms with Gasteiger partial charge >= 0.3 is 0 Å². The van der Waals surface area contributed by atoms with Gasteiger partial charge in [-0.05, 0) is 36.1 Å². The lowest BCUT2D eigenvalue weighted by molar-refractivity contribution is -0.120. The van der Waals surface area contributed by atoms with Gasteiger partial charge in [0.1, 0.15) is 0 Å². The highest BCUT2D eigenvalue weighted by Gasteiger charge is 2.14. The molecule has 0 saturated carbocycles. The minimum absolute atomic E-state index is 0.0332. The van der Waals surface area contributed by atoms with Crippen LogP contribution in [0.25, 0.3) is 0 Å². The van der Waals surface area contributed by atoms with Crippen LogP contribution in [0, 0.1) is 6.92 Å². The Balaban J connectivity index is 1.52. The molecule has 0 heterocycles. The van der Waals surface area contributed by atoms with E-state index >= 15 is 0 Å². The van der Waals surface area contributed by atoms with Gasteiger partial charge in [0.15, 0.2) is 0 Å². The average Bonchev–Trinajstić information content (AvgIpc) is 2.76. The highest BCUT2D eigenvalue weighted by molar-refractivity contribution is 5.97. The zero-order valence-corrected chi connectivity index (χ0v) is 16.6. The van der Waals surface area contributed by atoms with Crippen LogP contribution in [-0.4, -0.2) is 24.9 Å². The fourth-order valence-electron chi connectivity index (χ4n) is 3.40. The van der Waals surface area contributed by atoms with Gasteiger partial charge in [-0.1, -0.05) is 78.9 Å². The number of carbonyl (C=O) groups is 2. The van der Waals surface area contributed by atoms with Gasteiger partial charge in [-0.15, -0.1) is 0 Å². The van der Waals surface area contributed by atoms with Gasteiger partial charge in [0.05, 0.1) is 6.54 Å². The Bertz CT molecular complexity index is 900. The topological polar surface area (TPSA) is 58.2 Å². The van der Waals surface area contributed by atoms with E-state index in [1.807, 2.05) is 61.5 Å². The molecule has 0 aliphatic carbocycles. The van der Waals surface area contributed by atoms with Gasteiger partial charge < -0.3 is 10.6 Å². The van der Waals surface area contributed by atoms with E-state index in [1.165, 1.54) is 11.1 Å². The van der Waals surface area contributed by atoms with Crippen LogP contribution in [0.4, 0.5) is 0 Å². The zero-order chi connectivity index (χ0) is 20.5. The molecule has 4 nitrogen and oxygen atoms in total. The summed E-state index contributed by atoms with van der Waals surface area (Å²) in [5.41, 5.74) is 3.93. The fraction of sp³-hybridized carbons (Fsp3) is 0.200. The van der Waals surface area contributed by atoms with Crippen molar-refractivity contribution < 1.29 is 9.59 Å². The number of benzene rings is 3. The predicted molar refractivity (Wildman–Crippen MR) is 116 cm³/mol. The molecule has 0 atom stereocenters. The lowest BCUT2D eigenvalue weighted by Crippen LogP contribution is -2.37. The Labute approximate surface area is 172 Å². The Morgan fingerprint density at radius 1 is 0.759 bits per heavy atom.